The molecule has 4 rings (SSSR count). The number of amides is 1. The Morgan fingerprint density at radius 1 is 1.33 bits per heavy atom. The molecule has 2 aromatic rings. The molecule has 0 bridgehead atoms. The highest BCUT2D eigenvalue weighted by molar-refractivity contribution is 5.98. The minimum absolute atomic E-state index is 0.0982. The van der Waals surface area contributed by atoms with Gasteiger partial charge < -0.3 is 16.4 Å². The summed E-state index contributed by atoms with van der Waals surface area (Å²) in [5.41, 5.74) is 8.12. The lowest BCUT2D eigenvalue weighted by atomic mass is 9.78. The van der Waals surface area contributed by atoms with Crippen LogP contribution in [-0.2, 0) is 5.41 Å². The van der Waals surface area contributed by atoms with Crippen molar-refractivity contribution in [1.82, 2.24) is 15.3 Å². The van der Waals surface area contributed by atoms with E-state index in [0.29, 0.717) is 23.6 Å². The monoisotopic (exact) mass is 369 g/mol. The van der Waals surface area contributed by atoms with E-state index in [0.717, 1.165) is 24.8 Å². The van der Waals surface area contributed by atoms with E-state index in [1.165, 1.54) is 6.20 Å². The van der Waals surface area contributed by atoms with Crippen molar-refractivity contribution >= 4 is 11.9 Å². The predicted molar refractivity (Wildman–Crippen MR) is 102 cm³/mol. The number of fused-ring (bicyclic) bond motifs is 1. The zero-order valence-electron chi connectivity index (χ0n) is 15.6. The molecular formula is C20H24FN5O. The number of nitrogens with zero attached hydrogens (tertiary/aromatic N) is 2. The van der Waals surface area contributed by atoms with E-state index in [2.05, 4.69) is 34.4 Å². The number of rotatable bonds is 3. The largest absolute Gasteiger partial charge is 0.351 e. The normalized spacial score (nSPS) is 23.6. The van der Waals surface area contributed by atoms with Crippen molar-refractivity contribution in [3.05, 3.63) is 41.3 Å². The van der Waals surface area contributed by atoms with Crippen molar-refractivity contribution in [2.24, 2.45) is 5.73 Å². The average Bonchev–Trinajstić information content (AvgIpc) is 3.05. The van der Waals surface area contributed by atoms with Crippen LogP contribution in [0.15, 0.2) is 24.4 Å². The van der Waals surface area contributed by atoms with E-state index in [4.69, 9.17) is 5.73 Å². The molecule has 2 aliphatic rings. The van der Waals surface area contributed by atoms with Gasteiger partial charge in [-0.3, -0.25) is 4.79 Å². The van der Waals surface area contributed by atoms with Crippen LogP contribution in [0.1, 0.15) is 49.0 Å². The van der Waals surface area contributed by atoms with E-state index >= 15 is 0 Å². The van der Waals surface area contributed by atoms with Gasteiger partial charge in [0.15, 0.2) is 5.82 Å². The van der Waals surface area contributed by atoms with Crippen LogP contribution < -0.4 is 16.4 Å². The van der Waals surface area contributed by atoms with Crippen molar-refractivity contribution in [3.8, 4) is 11.3 Å². The Kier molecular flexibility index (Phi) is 4.34. The van der Waals surface area contributed by atoms with Crippen LogP contribution in [0.2, 0.25) is 0 Å². The molecule has 1 aliphatic heterocycles. The first-order valence-electron chi connectivity index (χ1n) is 9.31. The number of carbonyl (C=O) groups excluding carboxylic acids is 1. The molecule has 2 heterocycles. The summed E-state index contributed by atoms with van der Waals surface area (Å²) in [6.45, 7) is 4.66. The fourth-order valence-corrected chi connectivity index (χ4v) is 3.91. The highest BCUT2D eigenvalue weighted by atomic mass is 19.1. The fourth-order valence-electron chi connectivity index (χ4n) is 3.91. The predicted octanol–water partition coefficient (Wildman–Crippen LogP) is 2.60. The number of anilines is 1. The van der Waals surface area contributed by atoms with Crippen LogP contribution in [-0.4, -0.2) is 34.5 Å². The van der Waals surface area contributed by atoms with Gasteiger partial charge in [0.25, 0.3) is 5.91 Å². The number of nitrogens with one attached hydrogen (secondary N) is 2. The maximum Gasteiger partial charge on any atom is 0.251 e. The molecule has 1 aromatic carbocycles. The summed E-state index contributed by atoms with van der Waals surface area (Å²) in [5, 5.41) is 6.15. The molecule has 1 aliphatic carbocycles. The Hall–Kier alpha value is -2.54. The maximum absolute atomic E-state index is 14.5. The van der Waals surface area contributed by atoms with Crippen LogP contribution in [0.4, 0.5) is 10.3 Å². The van der Waals surface area contributed by atoms with Crippen molar-refractivity contribution in [2.45, 2.75) is 50.6 Å². The molecular weight excluding hydrogens is 345 g/mol. The minimum Gasteiger partial charge on any atom is -0.351 e. The molecule has 27 heavy (non-hydrogen) atoms. The molecule has 1 aromatic heterocycles. The van der Waals surface area contributed by atoms with Crippen LogP contribution in [0, 0.1) is 5.82 Å². The van der Waals surface area contributed by atoms with Crippen LogP contribution in [0.25, 0.3) is 11.3 Å². The highest BCUT2D eigenvalue weighted by Gasteiger charge is 2.32. The number of carbonyl (C=O) groups is 1. The van der Waals surface area contributed by atoms with E-state index in [1.807, 2.05) is 6.07 Å². The van der Waals surface area contributed by atoms with E-state index in [-0.39, 0.29) is 29.1 Å². The van der Waals surface area contributed by atoms with Crippen molar-refractivity contribution in [3.63, 3.8) is 0 Å². The van der Waals surface area contributed by atoms with Gasteiger partial charge >= 0.3 is 0 Å². The van der Waals surface area contributed by atoms with Gasteiger partial charge in [-0.05, 0) is 37.0 Å². The Morgan fingerprint density at radius 2 is 2.15 bits per heavy atom. The SMILES string of the molecule is CC1(C)CNC(=O)c2ccc(-c3nc(NC4CCC(N)C4)ncc3F)cc21. The van der Waals surface area contributed by atoms with Gasteiger partial charge in [0.1, 0.15) is 5.69 Å². The fraction of sp³-hybridized carbons (Fsp3) is 0.450. The summed E-state index contributed by atoms with van der Waals surface area (Å²) in [5.74, 6) is -0.180. The second kappa shape index (κ2) is 6.56. The Bertz CT molecular complexity index is 898. The van der Waals surface area contributed by atoms with Crippen molar-refractivity contribution in [1.29, 1.82) is 0 Å². The van der Waals surface area contributed by atoms with Crippen LogP contribution in [0.3, 0.4) is 0 Å². The Labute approximate surface area is 157 Å². The molecule has 7 heteroatoms. The van der Waals surface area contributed by atoms with Crippen molar-refractivity contribution < 1.29 is 9.18 Å². The molecule has 2 atom stereocenters. The quantitative estimate of drug-likeness (QED) is 0.773. The number of hydrogen-bond donors (Lipinski definition) is 3. The van der Waals surface area contributed by atoms with Gasteiger partial charge in [-0.2, -0.15) is 0 Å². The second-order valence-electron chi connectivity index (χ2n) is 8.13. The first-order valence-corrected chi connectivity index (χ1v) is 9.31. The third-order valence-corrected chi connectivity index (χ3v) is 5.51. The summed E-state index contributed by atoms with van der Waals surface area (Å²) < 4.78 is 14.5. The Balaban J connectivity index is 1.69. The summed E-state index contributed by atoms with van der Waals surface area (Å²) in [6, 6.07) is 5.75. The summed E-state index contributed by atoms with van der Waals surface area (Å²) in [7, 11) is 0. The van der Waals surface area contributed by atoms with Gasteiger partial charge in [0.05, 0.1) is 6.20 Å². The molecule has 1 saturated carbocycles. The molecule has 6 nitrogen and oxygen atoms in total. The molecule has 2 unspecified atom stereocenters. The summed E-state index contributed by atoms with van der Waals surface area (Å²) in [6.07, 6.45) is 3.97. The Morgan fingerprint density at radius 3 is 2.89 bits per heavy atom. The molecule has 0 saturated heterocycles. The molecule has 0 spiro atoms. The third-order valence-electron chi connectivity index (χ3n) is 5.51. The number of hydrogen-bond acceptors (Lipinski definition) is 5. The number of benzene rings is 1. The standard InChI is InChI=1S/C20H24FN5O/c1-20(2)10-24-18(27)14-6-3-11(7-15(14)20)17-16(21)9-23-19(26-17)25-13-5-4-12(22)8-13/h3,6-7,9,12-13H,4-5,8,10,22H2,1-2H3,(H,24,27)(H,23,25,26). The van der Waals surface area contributed by atoms with Gasteiger partial charge in [-0.1, -0.05) is 19.9 Å². The lowest BCUT2D eigenvalue weighted by molar-refractivity contribution is 0.0930. The first-order chi connectivity index (χ1) is 12.8. The molecule has 1 fully saturated rings. The van der Waals surface area contributed by atoms with E-state index in [1.54, 1.807) is 12.1 Å². The zero-order chi connectivity index (χ0) is 19.2. The maximum atomic E-state index is 14.5. The number of nitrogens with two attached hydrogens (primary N) is 1. The lowest BCUT2D eigenvalue weighted by Gasteiger charge is -2.32. The van der Waals surface area contributed by atoms with Crippen LogP contribution in [0.5, 0.6) is 0 Å². The topological polar surface area (TPSA) is 92.9 Å². The first kappa shape index (κ1) is 17.9. The van der Waals surface area contributed by atoms with Gasteiger partial charge in [0.2, 0.25) is 5.95 Å². The lowest BCUT2D eigenvalue weighted by Crippen LogP contribution is -2.43. The van der Waals surface area contributed by atoms with Gasteiger partial charge in [0, 0.05) is 35.2 Å². The third kappa shape index (κ3) is 3.39. The van der Waals surface area contributed by atoms with E-state index < -0.39 is 5.82 Å². The van der Waals surface area contributed by atoms with Crippen molar-refractivity contribution in [2.75, 3.05) is 11.9 Å². The molecule has 142 valence electrons. The minimum atomic E-state index is -0.485. The van der Waals surface area contributed by atoms with Crippen LogP contribution >= 0.6 is 0 Å². The van der Waals surface area contributed by atoms with E-state index in [9.17, 15) is 9.18 Å². The number of aromatic nitrogens is 2. The summed E-state index contributed by atoms with van der Waals surface area (Å²) in [4.78, 5) is 20.6. The van der Waals surface area contributed by atoms with Gasteiger partial charge in [-0.15, -0.1) is 0 Å². The highest BCUT2D eigenvalue weighted by Crippen LogP contribution is 2.33. The second-order valence-corrected chi connectivity index (χ2v) is 8.13. The smallest absolute Gasteiger partial charge is 0.251 e. The molecule has 4 N–H and O–H groups in total. The molecule has 1 amide bonds. The summed E-state index contributed by atoms with van der Waals surface area (Å²) >= 11 is 0. The molecule has 0 radical (unpaired) electrons. The number of halogens is 1. The average molecular weight is 369 g/mol. The zero-order valence-corrected chi connectivity index (χ0v) is 15.6. The van der Waals surface area contributed by atoms with Gasteiger partial charge in [-0.25, -0.2) is 14.4 Å².